The van der Waals surface area contributed by atoms with Crippen LogP contribution >= 0.6 is 0 Å². The third-order valence-corrected chi connectivity index (χ3v) is 4.03. The van der Waals surface area contributed by atoms with Gasteiger partial charge in [0.1, 0.15) is 0 Å². The Balaban J connectivity index is 1.76. The number of nitrogens with zero attached hydrogens (tertiary/aromatic N) is 3. The number of nitrogens with one attached hydrogen (secondary N) is 1. The van der Waals surface area contributed by atoms with E-state index in [1.54, 1.807) is 0 Å². The maximum atomic E-state index is 5.17. The quantitative estimate of drug-likeness (QED) is 0.832. The van der Waals surface area contributed by atoms with Crippen molar-refractivity contribution in [2.45, 2.75) is 71.4 Å². The molecule has 1 aliphatic rings. The molecule has 2 rings (SSSR count). The highest BCUT2D eigenvalue weighted by Gasteiger charge is 2.23. The molecule has 5 heteroatoms. The molecule has 0 saturated carbocycles. The molecule has 1 aromatic heterocycles. The number of hydrogen-bond acceptors (Lipinski definition) is 5. The van der Waals surface area contributed by atoms with Gasteiger partial charge in [-0.3, -0.25) is 4.90 Å². The van der Waals surface area contributed by atoms with Crippen LogP contribution in [0.5, 0.6) is 0 Å². The first kappa shape index (κ1) is 15.3. The molecular formula is C15H28N4O. The molecule has 1 aromatic rings. The minimum absolute atomic E-state index is 0.639. The van der Waals surface area contributed by atoms with E-state index in [9.17, 15) is 0 Å². The fraction of sp³-hybridized carbons (Fsp3) is 0.867. The Morgan fingerprint density at radius 1 is 1.40 bits per heavy atom. The number of aryl methyl sites for hydroxylation is 1. The van der Waals surface area contributed by atoms with E-state index in [1.165, 1.54) is 25.8 Å². The standard InChI is InChI=1S/C15H28N4O/c1-4-7-14-17-15(18-20-14)16-10-9-13-8-5-6-11-19(13)12(2)3/h12-13H,4-11H2,1-3H3,(H,16,18)/t13-/m1/s1. The summed E-state index contributed by atoms with van der Waals surface area (Å²) < 4.78 is 5.17. The number of hydrogen-bond donors (Lipinski definition) is 1. The Hall–Kier alpha value is -1.10. The van der Waals surface area contributed by atoms with Crippen LogP contribution in [0.15, 0.2) is 4.52 Å². The van der Waals surface area contributed by atoms with Crippen molar-refractivity contribution < 1.29 is 4.52 Å². The van der Waals surface area contributed by atoms with Crippen LogP contribution in [0.3, 0.4) is 0 Å². The molecule has 5 nitrogen and oxygen atoms in total. The number of anilines is 1. The summed E-state index contributed by atoms with van der Waals surface area (Å²) in [6.07, 6.45) is 7.05. The van der Waals surface area contributed by atoms with Crippen LogP contribution < -0.4 is 5.32 Å². The highest BCUT2D eigenvalue weighted by Crippen LogP contribution is 2.21. The van der Waals surface area contributed by atoms with Gasteiger partial charge in [-0.05, 0) is 51.2 Å². The average Bonchev–Trinajstić information content (AvgIpc) is 2.87. The van der Waals surface area contributed by atoms with Gasteiger partial charge in [-0.1, -0.05) is 13.3 Å². The number of piperidine rings is 1. The van der Waals surface area contributed by atoms with Gasteiger partial charge in [0.25, 0.3) is 5.95 Å². The molecule has 0 aliphatic carbocycles. The second kappa shape index (κ2) is 7.62. The van der Waals surface area contributed by atoms with E-state index >= 15 is 0 Å². The lowest BCUT2D eigenvalue weighted by Crippen LogP contribution is -2.44. The first-order chi connectivity index (χ1) is 9.70. The van der Waals surface area contributed by atoms with Crippen molar-refractivity contribution in [2.75, 3.05) is 18.4 Å². The first-order valence-corrected chi connectivity index (χ1v) is 8.03. The molecule has 20 heavy (non-hydrogen) atoms. The van der Waals surface area contributed by atoms with Crippen LogP contribution in [0.1, 0.15) is 58.8 Å². The lowest BCUT2D eigenvalue weighted by Gasteiger charge is -2.38. The maximum absolute atomic E-state index is 5.17. The van der Waals surface area contributed by atoms with Gasteiger partial charge in [0.05, 0.1) is 0 Å². The molecule has 1 saturated heterocycles. The summed E-state index contributed by atoms with van der Waals surface area (Å²) in [6.45, 7) is 8.86. The van der Waals surface area contributed by atoms with E-state index in [4.69, 9.17) is 4.52 Å². The van der Waals surface area contributed by atoms with Crippen molar-refractivity contribution in [2.24, 2.45) is 0 Å². The van der Waals surface area contributed by atoms with Gasteiger partial charge in [0, 0.05) is 25.0 Å². The molecule has 0 amide bonds. The Morgan fingerprint density at radius 2 is 2.25 bits per heavy atom. The minimum Gasteiger partial charge on any atom is -0.352 e. The summed E-state index contributed by atoms with van der Waals surface area (Å²) >= 11 is 0. The van der Waals surface area contributed by atoms with Gasteiger partial charge < -0.3 is 9.84 Å². The largest absolute Gasteiger partial charge is 0.352 e. The van der Waals surface area contributed by atoms with E-state index < -0.39 is 0 Å². The Bertz CT molecular complexity index is 391. The second-order valence-corrected chi connectivity index (χ2v) is 5.96. The van der Waals surface area contributed by atoms with Crippen LogP contribution in [0.4, 0.5) is 5.95 Å². The van der Waals surface area contributed by atoms with Gasteiger partial charge in [-0.2, -0.15) is 4.98 Å². The van der Waals surface area contributed by atoms with Crippen molar-refractivity contribution in [3.05, 3.63) is 5.89 Å². The first-order valence-electron chi connectivity index (χ1n) is 8.03. The normalized spacial score (nSPS) is 20.5. The predicted octanol–water partition coefficient (Wildman–Crippen LogP) is 3.09. The van der Waals surface area contributed by atoms with Crippen LogP contribution in [-0.4, -0.2) is 40.2 Å². The summed E-state index contributed by atoms with van der Waals surface area (Å²) in [7, 11) is 0. The Morgan fingerprint density at radius 3 is 3.00 bits per heavy atom. The topological polar surface area (TPSA) is 54.2 Å². The summed E-state index contributed by atoms with van der Waals surface area (Å²) in [4.78, 5) is 6.96. The second-order valence-electron chi connectivity index (χ2n) is 5.96. The molecule has 0 radical (unpaired) electrons. The molecule has 0 aromatic carbocycles. The van der Waals surface area contributed by atoms with E-state index in [1.807, 2.05) is 0 Å². The monoisotopic (exact) mass is 280 g/mol. The van der Waals surface area contributed by atoms with Crippen LogP contribution in [-0.2, 0) is 6.42 Å². The molecule has 0 spiro atoms. The zero-order chi connectivity index (χ0) is 14.4. The van der Waals surface area contributed by atoms with Crippen molar-refractivity contribution in [1.29, 1.82) is 0 Å². The summed E-state index contributed by atoms with van der Waals surface area (Å²) in [5.41, 5.74) is 0. The van der Waals surface area contributed by atoms with Gasteiger partial charge in [0.2, 0.25) is 5.89 Å². The van der Waals surface area contributed by atoms with Gasteiger partial charge >= 0.3 is 0 Å². The number of rotatable bonds is 7. The van der Waals surface area contributed by atoms with E-state index in [2.05, 4.69) is 41.1 Å². The lowest BCUT2D eigenvalue weighted by atomic mass is 9.98. The Kier molecular flexibility index (Phi) is 5.83. The summed E-state index contributed by atoms with van der Waals surface area (Å²) in [6, 6.07) is 1.33. The minimum atomic E-state index is 0.639. The molecule has 2 heterocycles. The number of likely N-dealkylation sites (tertiary alicyclic amines) is 1. The third kappa shape index (κ3) is 4.20. The molecule has 0 unspecified atom stereocenters. The molecule has 0 bridgehead atoms. The fourth-order valence-electron chi connectivity index (χ4n) is 3.01. The molecule has 1 fully saturated rings. The SMILES string of the molecule is CCCc1nc(NCC[C@H]2CCCCN2C(C)C)no1. The highest BCUT2D eigenvalue weighted by molar-refractivity contribution is 5.20. The van der Waals surface area contributed by atoms with Crippen molar-refractivity contribution in [3.63, 3.8) is 0 Å². The van der Waals surface area contributed by atoms with Crippen molar-refractivity contribution >= 4 is 5.95 Å². The molecule has 1 N–H and O–H groups in total. The fourth-order valence-corrected chi connectivity index (χ4v) is 3.01. The highest BCUT2D eigenvalue weighted by atomic mass is 16.5. The predicted molar refractivity (Wildman–Crippen MR) is 80.9 cm³/mol. The maximum Gasteiger partial charge on any atom is 0.263 e. The molecule has 114 valence electrons. The van der Waals surface area contributed by atoms with E-state index in [0.717, 1.165) is 31.7 Å². The smallest absolute Gasteiger partial charge is 0.263 e. The van der Waals surface area contributed by atoms with Crippen LogP contribution in [0.25, 0.3) is 0 Å². The zero-order valence-electron chi connectivity index (χ0n) is 13.1. The average molecular weight is 280 g/mol. The third-order valence-electron chi connectivity index (χ3n) is 4.03. The van der Waals surface area contributed by atoms with Crippen LogP contribution in [0, 0.1) is 0 Å². The number of aromatic nitrogens is 2. The van der Waals surface area contributed by atoms with E-state index in [0.29, 0.717) is 18.0 Å². The zero-order valence-corrected chi connectivity index (χ0v) is 13.1. The Labute approximate surface area is 122 Å². The lowest BCUT2D eigenvalue weighted by molar-refractivity contribution is 0.108. The van der Waals surface area contributed by atoms with Crippen molar-refractivity contribution in [1.82, 2.24) is 15.0 Å². The summed E-state index contributed by atoms with van der Waals surface area (Å²) in [5.74, 6) is 1.37. The van der Waals surface area contributed by atoms with Crippen LogP contribution in [0.2, 0.25) is 0 Å². The van der Waals surface area contributed by atoms with Gasteiger partial charge in [-0.15, -0.1) is 0 Å². The van der Waals surface area contributed by atoms with Gasteiger partial charge in [-0.25, -0.2) is 0 Å². The molecule has 1 atom stereocenters. The molecular weight excluding hydrogens is 252 g/mol. The van der Waals surface area contributed by atoms with Crippen molar-refractivity contribution in [3.8, 4) is 0 Å². The molecule has 1 aliphatic heterocycles. The van der Waals surface area contributed by atoms with Gasteiger partial charge in [0.15, 0.2) is 0 Å². The van der Waals surface area contributed by atoms with E-state index in [-0.39, 0.29) is 0 Å². The summed E-state index contributed by atoms with van der Waals surface area (Å²) in [5, 5.41) is 7.25.